The zero-order valence-corrected chi connectivity index (χ0v) is 13.8. The molecule has 0 unspecified atom stereocenters. The van der Waals surface area contributed by atoms with Gasteiger partial charge in [-0.15, -0.1) is 0 Å². The molecule has 0 bridgehead atoms. The quantitative estimate of drug-likeness (QED) is 0.860. The third kappa shape index (κ3) is 3.93. The number of hydrogen-bond acceptors (Lipinski definition) is 2. The van der Waals surface area contributed by atoms with Crippen molar-refractivity contribution in [3.63, 3.8) is 0 Å². The zero-order chi connectivity index (χ0) is 16.3. The van der Waals surface area contributed by atoms with Crippen LogP contribution in [0.4, 0.5) is 0 Å². The van der Waals surface area contributed by atoms with Crippen LogP contribution in [0, 0.1) is 13.8 Å². The highest BCUT2D eigenvalue weighted by Crippen LogP contribution is 2.24. The lowest BCUT2D eigenvalue weighted by Crippen LogP contribution is -2.29. The van der Waals surface area contributed by atoms with Gasteiger partial charge in [0.2, 0.25) is 0 Å². The predicted molar refractivity (Wildman–Crippen MR) is 88.1 cm³/mol. The molecule has 1 N–H and O–H groups in total. The number of ether oxygens (including phenoxy) is 1. The van der Waals surface area contributed by atoms with E-state index in [1.54, 1.807) is 30.3 Å². The van der Waals surface area contributed by atoms with Gasteiger partial charge in [0.05, 0.1) is 0 Å². The van der Waals surface area contributed by atoms with Gasteiger partial charge < -0.3 is 9.84 Å². The molecule has 0 heterocycles. The third-order valence-corrected chi connectivity index (χ3v) is 4.30. The van der Waals surface area contributed by atoms with Crippen LogP contribution in [0.25, 0.3) is 0 Å². The number of halogens is 2. The van der Waals surface area contributed by atoms with E-state index in [-0.39, 0.29) is 6.42 Å². The van der Waals surface area contributed by atoms with Gasteiger partial charge in [-0.2, -0.15) is 0 Å². The highest BCUT2D eigenvalue weighted by atomic mass is 35.5. The van der Waals surface area contributed by atoms with Crippen LogP contribution in [0.5, 0.6) is 5.75 Å². The van der Waals surface area contributed by atoms with Gasteiger partial charge in [0.1, 0.15) is 5.75 Å². The summed E-state index contributed by atoms with van der Waals surface area (Å²) in [5.41, 5.74) is 2.55. The molecule has 1 atom stereocenters. The molecular formula is C17H16Cl2O3. The maximum atomic E-state index is 11.5. The highest BCUT2D eigenvalue weighted by Gasteiger charge is 2.21. The average molecular weight is 339 g/mol. The smallest absolute Gasteiger partial charge is 0.345 e. The summed E-state index contributed by atoms with van der Waals surface area (Å²) in [6.07, 6.45) is -0.749. The summed E-state index contributed by atoms with van der Waals surface area (Å²) in [7, 11) is 0. The summed E-state index contributed by atoms with van der Waals surface area (Å²) in [5, 5.41) is 10.6. The lowest BCUT2D eigenvalue weighted by Gasteiger charge is -2.17. The normalized spacial score (nSPS) is 12.0. The fourth-order valence-electron chi connectivity index (χ4n) is 2.11. The van der Waals surface area contributed by atoms with Gasteiger partial charge >= 0.3 is 5.97 Å². The molecule has 3 nitrogen and oxygen atoms in total. The second-order valence-corrected chi connectivity index (χ2v) is 5.90. The number of aryl methyl sites for hydroxylation is 1. The Kier molecular flexibility index (Phi) is 5.33. The molecule has 22 heavy (non-hydrogen) atoms. The van der Waals surface area contributed by atoms with Gasteiger partial charge in [0, 0.05) is 16.5 Å². The van der Waals surface area contributed by atoms with E-state index >= 15 is 0 Å². The molecule has 0 aliphatic heterocycles. The Hall–Kier alpha value is -1.71. The maximum Gasteiger partial charge on any atom is 0.345 e. The minimum absolute atomic E-state index is 0.239. The van der Waals surface area contributed by atoms with Crippen LogP contribution in [0.3, 0.4) is 0 Å². The summed E-state index contributed by atoms with van der Waals surface area (Å²) >= 11 is 12.0. The lowest BCUT2D eigenvalue weighted by atomic mass is 10.0. The average Bonchev–Trinajstić information content (AvgIpc) is 2.46. The fourth-order valence-corrected chi connectivity index (χ4v) is 2.42. The standard InChI is InChI=1S/C17H16Cl2O3/c1-10-8-13(6-7-14(10)18)22-16(17(20)21)9-12-4-3-5-15(19)11(12)2/h3-8,16H,9H2,1-2H3,(H,20,21)/t16-/m0/s1. The molecule has 0 aromatic heterocycles. The van der Waals surface area contributed by atoms with Crippen LogP contribution in [-0.4, -0.2) is 17.2 Å². The van der Waals surface area contributed by atoms with Gasteiger partial charge in [0.25, 0.3) is 0 Å². The summed E-state index contributed by atoms with van der Waals surface area (Å²) in [4.78, 5) is 11.5. The molecule has 0 aliphatic rings. The van der Waals surface area contributed by atoms with Crippen LogP contribution in [-0.2, 0) is 11.2 Å². The van der Waals surface area contributed by atoms with Gasteiger partial charge in [-0.05, 0) is 54.8 Å². The van der Waals surface area contributed by atoms with Crippen molar-refractivity contribution in [2.75, 3.05) is 0 Å². The minimum Gasteiger partial charge on any atom is -0.478 e. The van der Waals surface area contributed by atoms with E-state index in [2.05, 4.69) is 0 Å². The van der Waals surface area contributed by atoms with Crippen molar-refractivity contribution in [2.24, 2.45) is 0 Å². The van der Waals surface area contributed by atoms with E-state index in [4.69, 9.17) is 27.9 Å². The number of carbonyl (C=O) groups is 1. The summed E-state index contributed by atoms with van der Waals surface area (Å²) in [6.45, 7) is 3.70. The minimum atomic E-state index is -1.02. The monoisotopic (exact) mass is 338 g/mol. The van der Waals surface area contributed by atoms with E-state index < -0.39 is 12.1 Å². The van der Waals surface area contributed by atoms with E-state index in [1.165, 1.54) is 0 Å². The lowest BCUT2D eigenvalue weighted by molar-refractivity contribution is -0.145. The van der Waals surface area contributed by atoms with Crippen molar-refractivity contribution in [3.8, 4) is 5.75 Å². The van der Waals surface area contributed by atoms with Crippen LogP contribution >= 0.6 is 23.2 Å². The molecule has 0 saturated carbocycles. The van der Waals surface area contributed by atoms with E-state index in [0.717, 1.165) is 16.7 Å². The Labute approximate surface area is 139 Å². The van der Waals surface area contributed by atoms with Crippen molar-refractivity contribution in [2.45, 2.75) is 26.4 Å². The Morgan fingerprint density at radius 2 is 1.91 bits per heavy atom. The number of rotatable bonds is 5. The summed E-state index contributed by atoms with van der Waals surface area (Å²) < 4.78 is 5.61. The molecule has 0 amide bonds. The molecule has 2 aromatic rings. The fraction of sp³-hybridized carbons (Fsp3) is 0.235. The topological polar surface area (TPSA) is 46.5 Å². The molecule has 0 saturated heterocycles. The first kappa shape index (κ1) is 16.7. The van der Waals surface area contributed by atoms with Gasteiger partial charge in [-0.25, -0.2) is 4.79 Å². The Bertz CT molecular complexity index is 698. The van der Waals surface area contributed by atoms with Crippen molar-refractivity contribution >= 4 is 29.2 Å². The van der Waals surface area contributed by atoms with Crippen LogP contribution in [0.2, 0.25) is 10.0 Å². The summed E-state index contributed by atoms with van der Waals surface area (Å²) in [5.74, 6) is -0.541. The molecule has 0 aliphatic carbocycles. The molecule has 0 radical (unpaired) electrons. The molecule has 0 fully saturated rings. The first-order valence-corrected chi connectivity index (χ1v) is 7.53. The van der Waals surface area contributed by atoms with E-state index in [9.17, 15) is 9.90 Å². The number of aliphatic carboxylic acids is 1. The molecular weight excluding hydrogens is 323 g/mol. The first-order chi connectivity index (χ1) is 10.4. The van der Waals surface area contributed by atoms with Crippen molar-refractivity contribution in [3.05, 3.63) is 63.1 Å². The largest absolute Gasteiger partial charge is 0.478 e. The van der Waals surface area contributed by atoms with Crippen molar-refractivity contribution < 1.29 is 14.6 Å². The van der Waals surface area contributed by atoms with Crippen LogP contribution < -0.4 is 4.74 Å². The SMILES string of the molecule is Cc1cc(O[C@@H](Cc2cccc(Cl)c2C)C(=O)O)ccc1Cl. The van der Waals surface area contributed by atoms with Crippen LogP contribution in [0.15, 0.2) is 36.4 Å². The zero-order valence-electron chi connectivity index (χ0n) is 12.3. The number of carboxylic acids is 1. The van der Waals surface area contributed by atoms with Crippen molar-refractivity contribution in [1.82, 2.24) is 0 Å². The van der Waals surface area contributed by atoms with Crippen LogP contribution in [0.1, 0.15) is 16.7 Å². The number of benzene rings is 2. The number of carboxylic acid groups (broad SMARTS) is 1. The number of hydrogen-bond donors (Lipinski definition) is 1. The Morgan fingerprint density at radius 1 is 1.18 bits per heavy atom. The molecule has 2 rings (SSSR count). The Morgan fingerprint density at radius 3 is 2.55 bits per heavy atom. The van der Waals surface area contributed by atoms with E-state index in [1.807, 2.05) is 19.9 Å². The predicted octanol–water partition coefficient (Wildman–Crippen LogP) is 4.68. The first-order valence-electron chi connectivity index (χ1n) is 6.78. The van der Waals surface area contributed by atoms with Gasteiger partial charge in [0.15, 0.2) is 6.10 Å². The van der Waals surface area contributed by atoms with Gasteiger partial charge in [-0.3, -0.25) is 0 Å². The maximum absolute atomic E-state index is 11.5. The second kappa shape index (κ2) is 7.03. The molecule has 5 heteroatoms. The third-order valence-electron chi connectivity index (χ3n) is 3.47. The molecule has 116 valence electrons. The van der Waals surface area contributed by atoms with E-state index in [0.29, 0.717) is 15.8 Å². The van der Waals surface area contributed by atoms with Crippen molar-refractivity contribution in [1.29, 1.82) is 0 Å². The summed E-state index contributed by atoms with van der Waals surface area (Å²) in [6, 6.07) is 10.5. The molecule has 0 spiro atoms. The highest BCUT2D eigenvalue weighted by molar-refractivity contribution is 6.31. The molecule has 2 aromatic carbocycles. The van der Waals surface area contributed by atoms with Gasteiger partial charge in [-0.1, -0.05) is 35.3 Å². The Balaban J connectivity index is 2.21. The second-order valence-electron chi connectivity index (χ2n) is 5.08.